The molecule has 0 fully saturated rings. The van der Waals surface area contributed by atoms with Gasteiger partial charge in [0.2, 0.25) is 0 Å². The molecule has 6 heteroatoms. The number of aromatic nitrogens is 2. The summed E-state index contributed by atoms with van der Waals surface area (Å²) in [4.78, 5) is 15.5. The minimum Gasteiger partial charge on any atom is -0.497 e. The second-order valence-electron chi connectivity index (χ2n) is 4.72. The van der Waals surface area contributed by atoms with Gasteiger partial charge in [0, 0.05) is 19.2 Å². The summed E-state index contributed by atoms with van der Waals surface area (Å²) in [6.45, 7) is 0.699. The Kier molecular flexibility index (Phi) is 4.94. The van der Waals surface area contributed by atoms with E-state index in [9.17, 15) is 4.79 Å². The summed E-state index contributed by atoms with van der Waals surface area (Å²) < 4.78 is 11.7. The van der Waals surface area contributed by atoms with Crippen LogP contribution in [0.5, 0.6) is 5.75 Å². The topological polar surface area (TPSA) is 79.4 Å². The van der Waals surface area contributed by atoms with Crippen LogP contribution < -0.4 is 10.5 Å². The number of nitrogens with two attached hydrogens (primary N) is 1. The zero-order valence-corrected chi connectivity index (χ0v) is 12.2. The van der Waals surface area contributed by atoms with Crippen LogP contribution in [0.1, 0.15) is 11.3 Å². The molecule has 2 N–H and O–H groups in total. The molecule has 2 rings (SSSR count). The molecule has 21 heavy (non-hydrogen) atoms. The van der Waals surface area contributed by atoms with E-state index in [1.165, 1.54) is 7.11 Å². The van der Waals surface area contributed by atoms with E-state index in [0.717, 1.165) is 17.0 Å². The Balaban J connectivity index is 1.97. The summed E-state index contributed by atoms with van der Waals surface area (Å²) in [5, 5.41) is 0. The van der Waals surface area contributed by atoms with Gasteiger partial charge in [-0.25, -0.2) is 4.98 Å². The molecule has 1 aromatic heterocycles. The average molecular weight is 289 g/mol. The van der Waals surface area contributed by atoms with Crippen LogP contribution in [-0.2, 0) is 22.5 Å². The maximum absolute atomic E-state index is 11.3. The lowest BCUT2D eigenvalue weighted by Gasteiger charge is -2.06. The normalized spacial score (nSPS) is 12.0. The number of hydrogen-bond acceptors (Lipinski definition) is 5. The monoisotopic (exact) mass is 289 g/mol. The van der Waals surface area contributed by atoms with Gasteiger partial charge in [-0.2, -0.15) is 0 Å². The summed E-state index contributed by atoms with van der Waals surface area (Å²) >= 11 is 0. The van der Waals surface area contributed by atoms with Crippen molar-refractivity contribution in [2.75, 3.05) is 14.2 Å². The number of esters is 1. The predicted octanol–water partition coefficient (Wildman–Crippen LogP) is 0.983. The molecule has 0 aliphatic rings. The highest BCUT2D eigenvalue weighted by molar-refractivity contribution is 5.75. The van der Waals surface area contributed by atoms with Crippen LogP contribution >= 0.6 is 0 Å². The molecular weight excluding hydrogens is 270 g/mol. The van der Waals surface area contributed by atoms with E-state index in [-0.39, 0.29) is 0 Å². The molecule has 0 saturated carbocycles. The van der Waals surface area contributed by atoms with E-state index in [1.54, 1.807) is 13.4 Å². The molecule has 2 aromatic rings. The Labute approximate surface area is 123 Å². The highest BCUT2D eigenvalue weighted by Gasteiger charge is 2.15. The maximum Gasteiger partial charge on any atom is 0.323 e. The predicted molar refractivity (Wildman–Crippen MR) is 78.0 cm³/mol. The van der Waals surface area contributed by atoms with Crippen molar-refractivity contribution in [2.24, 2.45) is 5.73 Å². The first-order chi connectivity index (χ1) is 10.1. The molecule has 1 aromatic carbocycles. The molecule has 0 amide bonds. The number of rotatable bonds is 6. The van der Waals surface area contributed by atoms with Gasteiger partial charge in [-0.15, -0.1) is 0 Å². The number of methoxy groups -OCH3 is 2. The zero-order valence-electron chi connectivity index (χ0n) is 12.2. The Bertz CT molecular complexity index is 592. The highest BCUT2D eigenvalue weighted by atomic mass is 16.5. The van der Waals surface area contributed by atoms with Crippen molar-refractivity contribution < 1.29 is 14.3 Å². The Morgan fingerprint density at radius 3 is 2.67 bits per heavy atom. The SMILES string of the molecule is COC(=O)[C@@H](N)Cc1cn(Cc2ccc(OC)cc2)cn1. The van der Waals surface area contributed by atoms with Crippen molar-refractivity contribution in [3.63, 3.8) is 0 Å². The smallest absolute Gasteiger partial charge is 0.323 e. The van der Waals surface area contributed by atoms with E-state index >= 15 is 0 Å². The zero-order chi connectivity index (χ0) is 15.2. The lowest BCUT2D eigenvalue weighted by atomic mass is 10.2. The molecule has 1 atom stereocenters. The fourth-order valence-electron chi connectivity index (χ4n) is 2.00. The van der Waals surface area contributed by atoms with Crippen molar-refractivity contribution in [3.05, 3.63) is 48.0 Å². The highest BCUT2D eigenvalue weighted by Crippen LogP contribution is 2.12. The van der Waals surface area contributed by atoms with Crippen LogP contribution in [0.25, 0.3) is 0 Å². The van der Waals surface area contributed by atoms with Gasteiger partial charge in [0.1, 0.15) is 11.8 Å². The second-order valence-corrected chi connectivity index (χ2v) is 4.72. The Morgan fingerprint density at radius 1 is 1.33 bits per heavy atom. The molecule has 6 nitrogen and oxygen atoms in total. The molecule has 0 aliphatic carbocycles. The molecular formula is C15H19N3O3. The molecule has 0 aliphatic heterocycles. The van der Waals surface area contributed by atoms with Gasteiger partial charge in [-0.1, -0.05) is 12.1 Å². The van der Waals surface area contributed by atoms with Crippen LogP contribution in [-0.4, -0.2) is 35.8 Å². The summed E-state index contributed by atoms with van der Waals surface area (Å²) in [5.41, 5.74) is 7.62. The van der Waals surface area contributed by atoms with E-state index in [1.807, 2.05) is 35.0 Å². The fraction of sp³-hybridized carbons (Fsp3) is 0.333. The van der Waals surface area contributed by atoms with Crippen LogP contribution in [0.2, 0.25) is 0 Å². The first kappa shape index (κ1) is 15.1. The third-order valence-corrected chi connectivity index (χ3v) is 3.14. The average Bonchev–Trinajstić information content (AvgIpc) is 2.94. The van der Waals surface area contributed by atoms with Gasteiger partial charge >= 0.3 is 5.97 Å². The number of carbonyl (C=O) groups excluding carboxylic acids is 1. The van der Waals surface area contributed by atoms with E-state index in [4.69, 9.17) is 10.5 Å². The summed E-state index contributed by atoms with van der Waals surface area (Å²) in [6, 6.07) is 7.15. The van der Waals surface area contributed by atoms with Crippen LogP contribution in [0.3, 0.4) is 0 Å². The van der Waals surface area contributed by atoms with Crippen LogP contribution in [0.15, 0.2) is 36.8 Å². The van der Waals surface area contributed by atoms with Gasteiger partial charge in [-0.05, 0) is 17.7 Å². The van der Waals surface area contributed by atoms with Crippen molar-refractivity contribution in [2.45, 2.75) is 19.0 Å². The molecule has 0 spiro atoms. The van der Waals surface area contributed by atoms with Gasteiger partial charge in [0.05, 0.1) is 26.2 Å². The second kappa shape index (κ2) is 6.90. The van der Waals surface area contributed by atoms with E-state index in [0.29, 0.717) is 13.0 Å². The summed E-state index contributed by atoms with van der Waals surface area (Å²) in [5.74, 6) is 0.397. The molecule has 112 valence electrons. The number of nitrogens with zero attached hydrogens (tertiary/aromatic N) is 2. The quantitative estimate of drug-likeness (QED) is 0.802. The number of ether oxygens (including phenoxy) is 2. The third kappa shape index (κ3) is 4.06. The minimum absolute atomic E-state index is 0.363. The molecule has 0 saturated heterocycles. The molecule has 0 unspecified atom stereocenters. The maximum atomic E-state index is 11.3. The van der Waals surface area contributed by atoms with Gasteiger partial charge in [0.15, 0.2) is 0 Å². The van der Waals surface area contributed by atoms with Crippen LogP contribution in [0, 0.1) is 0 Å². The first-order valence-electron chi connectivity index (χ1n) is 6.59. The lowest BCUT2D eigenvalue weighted by Crippen LogP contribution is -2.33. The van der Waals surface area contributed by atoms with E-state index in [2.05, 4.69) is 9.72 Å². The summed E-state index contributed by atoms with van der Waals surface area (Å²) in [6.07, 6.45) is 3.97. The Hall–Kier alpha value is -2.34. The lowest BCUT2D eigenvalue weighted by molar-refractivity contribution is -0.142. The van der Waals surface area contributed by atoms with Crippen molar-refractivity contribution >= 4 is 5.97 Å². The van der Waals surface area contributed by atoms with Crippen molar-refractivity contribution in [1.29, 1.82) is 0 Å². The van der Waals surface area contributed by atoms with Gasteiger partial charge in [0.25, 0.3) is 0 Å². The standard InChI is InChI=1S/C15H19N3O3/c1-20-13-5-3-11(4-6-13)8-18-9-12(17-10-18)7-14(16)15(19)21-2/h3-6,9-10,14H,7-8,16H2,1-2H3/t14-/m0/s1. The van der Waals surface area contributed by atoms with E-state index < -0.39 is 12.0 Å². The summed E-state index contributed by atoms with van der Waals surface area (Å²) in [7, 11) is 2.96. The largest absolute Gasteiger partial charge is 0.497 e. The third-order valence-electron chi connectivity index (χ3n) is 3.14. The van der Waals surface area contributed by atoms with Gasteiger partial charge < -0.3 is 19.8 Å². The molecule has 1 heterocycles. The van der Waals surface area contributed by atoms with Crippen LogP contribution in [0.4, 0.5) is 0 Å². The van der Waals surface area contributed by atoms with Gasteiger partial charge in [-0.3, -0.25) is 4.79 Å². The number of benzene rings is 1. The fourth-order valence-corrected chi connectivity index (χ4v) is 2.00. The number of carbonyl (C=O) groups is 1. The molecule has 0 radical (unpaired) electrons. The number of hydrogen-bond donors (Lipinski definition) is 1. The first-order valence-corrected chi connectivity index (χ1v) is 6.59. The molecule has 0 bridgehead atoms. The van der Waals surface area contributed by atoms with Crippen molar-refractivity contribution in [1.82, 2.24) is 9.55 Å². The Morgan fingerprint density at radius 2 is 2.05 bits per heavy atom. The van der Waals surface area contributed by atoms with Crippen molar-refractivity contribution in [3.8, 4) is 5.75 Å². The number of imidazole rings is 1. The minimum atomic E-state index is -0.681.